The van der Waals surface area contributed by atoms with Crippen LogP contribution < -0.4 is 4.90 Å². The molecule has 0 bridgehead atoms. The van der Waals surface area contributed by atoms with E-state index in [-0.39, 0.29) is 23.8 Å². The number of hydrogen-bond acceptors (Lipinski definition) is 5. The molecule has 1 aliphatic heterocycles. The third-order valence-electron chi connectivity index (χ3n) is 6.74. The van der Waals surface area contributed by atoms with E-state index in [1.165, 1.54) is 0 Å². The number of halogens is 2. The molecule has 39 heavy (non-hydrogen) atoms. The molecule has 1 fully saturated rings. The molecule has 1 amide bonds. The van der Waals surface area contributed by atoms with E-state index in [9.17, 15) is 18.4 Å². The SMILES string of the molecule is CCOC(=O)c1cc(-c2ccc(N3CCN(C(=O)c4cc(F)cc(F)c4)CC3)cc2)n(-c2ccccc2C)n1. The molecule has 0 spiro atoms. The largest absolute Gasteiger partial charge is 0.461 e. The molecule has 0 saturated carbocycles. The second kappa shape index (κ2) is 11.1. The first-order valence-corrected chi connectivity index (χ1v) is 12.8. The van der Waals surface area contributed by atoms with Crippen molar-refractivity contribution in [2.45, 2.75) is 13.8 Å². The Hall–Kier alpha value is -4.53. The van der Waals surface area contributed by atoms with Crippen molar-refractivity contribution in [3.05, 3.63) is 101 Å². The first-order valence-electron chi connectivity index (χ1n) is 12.8. The smallest absolute Gasteiger partial charge is 0.358 e. The summed E-state index contributed by atoms with van der Waals surface area (Å²) >= 11 is 0. The van der Waals surface area contributed by atoms with Crippen molar-refractivity contribution >= 4 is 17.6 Å². The Labute approximate surface area is 225 Å². The molecule has 2 heterocycles. The molecule has 0 aliphatic carbocycles. The van der Waals surface area contributed by atoms with Crippen LogP contribution in [0, 0.1) is 18.6 Å². The first-order chi connectivity index (χ1) is 18.8. The fourth-order valence-corrected chi connectivity index (χ4v) is 4.75. The number of hydrogen-bond donors (Lipinski definition) is 0. The van der Waals surface area contributed by atoms with Crippen LogP contribution in [0.1, 0.15) is 33.3 Å². The summed E-state index contributed by atoms with van der Waals surface area (Å²) in [4.78, 5) is 29.0. The summed E-state index contributed by atoms with van der Waals surface area (Å²) in [6.07, 6.45) is 0. The Balaban J connectivity index is 1.34. The average Bonchev–Trinajstić information content (AvgIpc) is 3.38. The van der Waals surface area contributed by atoms with Crippen LogP contribution in [0.5, 0.6) is 0 Å². The van der Waals surface area contributed by atoms with Gasteiger partial charge >= 0.3 is 5.97 Å². The molecule has 7 nitrogen and oxygen atoms in total. The van der Waals surface area contributed by atoms with Crippen molar-refractivity contribution in [1.29, 1.82) is 0 Å². The topological polar surface area (TPSA) is 67.7 Å². The normalized spacial score (nSPS) is 13.4. The standard InChI is InChI=1S/C30H28F2N4O3/c1-3-39-30(38)26-19-28(36(33-26)27-7-5-4-6-20(27)2)21-8-10-25(11-9-21)34-12-14-35(15-13-34)29(37)22-16-23(31)18-24(32)17-22/h4-11,16-19H,3,12-15H2,1-2H3. The van der Waals surface area contributed by atoms with Crippen LogP contribution >= 0.6 is 0 Å². The Morgan fingerprint density at radius 2 is 1.56 bits per heavy atom. The Morgan fingerprint density at radius 1 is 0.897 bits per heavy atom. The molecular formula is C30H28F2N4O3. The third kappa shape index (κ3) is 5.52. The lowest BCUT2D eigenvalue weighted by Gasteiger charge is -2.36. The summed E-state index contributed by atoms with van der Waals surface area (Å²) in [7, 11) is 0. The van der Waals surface area contributed by atoms with Gasteiger partial charge in [-0.1, -0.05) is 30.3 Å². The second-order valence-electron chi connectivity index (χ2n) is 9.32. The van der Waals surface area contributed by atoms with Crippen LogP contribution in [-0.4, -0.2) is 59.3 Å². The maximum Gasteiger partial charge on any atom is 0.358 e. The van der Waals surface area contributed by atoms with Crippen molar-refractivity contribution in [1.82, 2.24) is 14.7 Å². The fraction of sp³-hybridized carbons (Fsp3) is 0.233. The van der Waals surface area contributed by atoms with Crippen molar-refractivity contribution in [3.63, 3.8) is 0 Å². The number of benzene rings is 3. The molecule has 0 N–H and O–H groups in total. The van der Waals surface area contributed by atoms with Gasteiger partial charge in [-0.15, -0.1) is 0 Å². The Bertz CT molecular complexity index is 1490. The average molecular weight is 531 g/mol. The molecule has 0 radical (unpaired) electrons. The van der Waals surface area contributed by atoms with E-state index in [4.69, 9.17) is 4.74 Å². The monoisotopic (exact) mass is 530 g/mol. The Kier molecular flexibility index (Phi) is 7.40. The highest BCUT2D eigenvalue weighted by atomic mass is 19.1. The zero-order chi connectivity index (χ0) is 27.5. The lowest BCUT2D eigenvalue weighted by Crippen LogP contribution is -2.48. The van der Waals surface area contributed by atoms with E-state index in [2.05, 4.69) is 10.00 Å². The highest BCUT2D eigenvalue weighted by Gasteiger charge is 2.24. The first kappa shape index (κ1) is 26.1. The van der Waals surface area contributed by atoms with Crippen molar-refractivity contribution in [2.24, 2.45) is 0 Å². The van der Waals surface area contributed by atoms with E-state index in [1.54, 1.807) is 22.6 Å². The van der Waals surface area contributed by atoms with Crippen LogP contribution in [0.4, 0.5) is 14.5 Å². The van der Waals surface area contributed by atoms with Gasteiger partial charge in [-0.2, -0.15) is 5.10 Å². The van der Waals surface area contributed by atoms with Gasteiger partial charge in [-0.25, -0.2) is 18.3 Å². The van der Waals surface area contributed by atoms with Crippen LogP contribution in [-0.2, 0) is 4.74 Å². The zero-order valence-electron chi connectivity index (χ0n) is 21.7. The van der Waals surface area contributed by atoms with E-state index < -0.39 is 17.6 Å². The highest BCUT2D eigenvalue weighted by Crippen LogP contribution is 2.28. The quantitative estimate of drug-likeness (QED) is 0.318. The van der Waals surface area contributed by atoms with Crippen LogP contribution in [0.25, 0.3) is 16.9 Å². The maximum atomic E-state index is 13.6. The number of ether oxygens (including phenoxy) is 1. The molecule has 0 atom stereocenters. The molecule has 1 saturated heterocycles. The molecular weight excluding hydrogens is 502 g/mol. The van der Waals surface area contributed by atoms with Gasteiger partial charge in [0.05, 0.1) is 18.0 Å². The molecule has 1 aromatic heterocycles. The van der Waals surface area contributed by atoms with Gasteiger partial charge < -0.3 is 14.5 Å². The molecule has 0 unspecified atom stereocenters. The summed E-state index contributed by atoms with van der Waals surface area (Å²) in [5, 5.41) is 4.56. The van der Waals surface area contributed by atoms with Gasteiger partial charge in [0, 0.05) is 49.1 Å². The summed E-state index contributed by atoms with van der Waals surface area (Å²) in [5.41, 5.74) is 4.75. The van der Waals surface area contributed by atoms with Gasteiger partial charge in [0.2, 0.25) is 0 Å². The minimum absolute atomic E-state index is 0.0118. The number of rotatable bonds is 6. The second-order valence-corrected chi connectivity index (χ2v) is 9.32. The molecule has 4 aromatic rings. The summed E-state index contributed by atoms with van der Waals surface area (Å²) in [6.45, 7) is 6.03. The summed E-state index contributed by atoms with van der Waals surface area (Å²) < 4.78 is 34.1. The molecule has 5 rings (SSSR count). The number of anilines is 1. The van der Waals surface area contributed by atoms with Gasteiger partial charge in [0.1, 0.15) is 11.6 Å². The number of nitrogens with zero attached hydrogens (tertiary/aromatic N) is 4. The van der Waals surface area contributed by atoms with E-state index >= 15 is 0 Å². The van der Waals surface area contributed by atoms with Gasteiger partial charge in [-0.3, -0.25) is 4.79 Å². The maximum absolute atomic E-state index is 13.6. The lowest BCUT2D eigenvalue weighted by atomic mass is 10.1. The lowest BCUT2D eigenvalue weighted by molar-refractivity contribution is 0.0518. The molecule has 3 aromatic carbocycles. The predicted octanol–water partition coefficient (Wildman–Crippen LogP) is 5.27. The summed E-state index contributed by atoms with van der Waals surface area (Å²) in [5.74, 6) is -2.40. The predicted molar refractivity (Wildman–Crippen MR) is 144 cm³/mol. The minimum atomic E-state index is -0.768. The van der Waals surface area contributed by atoms with Crippen molar-refractivity contribution in [3.8, 4) is 16.9 Å². The zero-order valence-corrected chi connectivity index (χ0v) is 21.7. The van der Waals surface area contributed by atoms with Gasteiger partial charge in [0.25, 0.3) is 5.91 Å². The highest BCUT2D eigenvalue weighted by molar-refractivity contribution is 5.94. The number of carbonyl (C=O) groups is 2. The minimum Gasteiger partial charge on any atom is -0.461 e. The number of para-hydroxylation sites is 1. The number of aryl methyl sites for hydroxylation is 1. The van der Waals surface area contributed by atoms with E-state index in [0.717, 1.165) is 46.4 Å². The van der Waals surface area contributed by atoms with E-state index in [0.29, 0.717) is 26.2 Å². The Morgan fingerprint density at radius 3 is 2.21 bits per heavy atom. The van der Waals surface area contributed by atoms with Gasteiger partial charge in [0.15, 0.2) is 5.69 Å². The molecule has 1 aliphatic rings. The van der Waals surface area contributed by atoms with E-state index in [1.807, 2.05) is 55.5 Å². The number of aromatic nitrogens is 2. The summed E-state index contributed by atoms with van der Waals surface area (Å²) in [6, 6.07) is 20.4. The number of carbonyl (C=O) groups excluding carboxylic acids is 2. The van der Waals surface area contributed by atoms with Crippen LogP contribution in [0.15, 0.2) is 72.8 Å². The van der Waals surface area contributed by atoms with Crippen molar-refractivity contribution < 1.29 is 23.1 Å². The number of esters is 1. The van der Waals surface area contributed by atoms with Crippen LogP contribution in [0.2, 0.25) is 0 Å². The molecule has 200 valence electrons. The van der Waals surface area contributed by atoms with Gasteiger partial charge in [-0.05, 0) is 55.8 Å². The third-order valence-corrected chi connectivity index (χ3v) is 6.74. The van der Waals surface area contributed by atoms with Crippen LogP contribution in [0.3, 0.4) is 0 Å². The number of amides is 1. The van der Waals surface area contributed by atoms with Crippen molar-refractivity contribution in [2.75, 3.05) is 37.7 Å². The fourth-order valence-electron chi connectivity index (χ4n) is 4.75. The molecule has 9 heteroatoms. The number of piperazine rings is 1.